The smallest absolute Gasteiger partial charge is 0.294 e. The molecule has 0 aliphatic heterocycles. The van der Waals surface area contributed by atoms with E-state index in [9.17, 15) is 13.2 Å². The number of hydrogen-bond donors (Lipinski definition) is 2. The number of hydrogen-bond acceptors (Lipinski definition) is 4. The summed E-state index contributed by atoms with van der Waals surface area (Å²) in [6.45, 7) is 0. The third-order valence-electron chi connectivity index (χ3n) is 1.25. The molecular weight excluding hydrogens is 182 g/mol. The van der Waals surface area contributed by atoms with Gasteiger partial charge in [-0.25, -0.2) is 0 Å². The molecule has 12 heavy (non-hydrogen) atoms. The van der Waals surface area contributed by atoms with E-state index in [0.29, 0.717) is 0 Å². The normalized spacial score (nSPS) is 17.9. The van der Waals surface area contributed by atoms with Gasteiger partial charge in [-0.3, -0.25) is 14.8 Å². The number of nitrogens with one attached hydrogen (secondary N) is 1. The summed E-state index contributed by atoms with van der Waals surface area (Å²) in [6, 6.07) is 0. The number of allylic oxidation sites excluding steroid dienone is 3. The van der Waals surface area contributed by atoms with E-state index in [1.54, 1.807) is 0 Å². The molecule has 1 aliphatic carbocycles. The van der Waals surface area contributed by atoms with E-state index in [1.165, 1.54) is 0 Å². The maximum atomic E-state index is 10.6. The summed E-state index contributed by atoms with van der Waals surface area (Å²) in [7, 11) is -4.30. The monoisotopic (exact) mass is 187 g/mol. The van der Waals surface area contributed by atoms with Crippen molar-refractivity contribution in [2.24, 2.45) is 0 Å². The second kappa shape index (κ2) is 2.65. The molecule has 2 N–H and O–H groups in total. The second-order valence-electron chi connectivity index (χ2n) is 2.13. The lowest BCUT2D eigenvalue weighted by atomic mass is 10.1. The standard InChI is InChI=1S/C6H5NO4S/c7-5-3-4(12(9,10)11)1-2-6(5)8/h1-3,7H,(H,9,10,11). The molecular formula is C6H5NO4S. The van der Waals surface area contributed by atoms with Crippen LogP contribution < -0.4 is 0 Å². The zero-order valence-electron chi connectivity index (χ0n) is 5.81. The SMILES string of the molecule is N=C1C=C(S(=O)(=O)O)C=CC1=O. The molecule has 6 heteroatoms. The predicted molar refractivity (Wildman–Crippen MR) is 41.5 cm³/mol. The number of carbonyl (C=O) groups is 1. The van der Waals surface area contributed by atoms with E-state index in [1.807, 2.05) is 0 Å². The van der Waals surface area contributed by atoms with Crippen LogP contribution in [-0.4, -0.2) is 24.5 Å². The molecule has 0 aromatic carbocycles. The molecule has 0 atom stereocenters. The Morgan fingerprint density at radius 3 is 2.33 bits per heavy atom. The lowest BCUT2D eigenvalue weighted by Crippen LogP contribution is -2.14. The first kappa shape index (κ1) is 8.82. The lowest BCUT2D eigenvalue weighted by molar-refractivity contribution is -0.108. The Kier molecular flexibility index (Phi) is 1.95. The van der Waals surface area contributed by atoms with E-state index < -0.39 is 26.5 Å². The minimum atomic E-state index is -4.30. The molecule has 1 rings (SSSR count). The van der Waals surface area contributed by atoms with Gasteiger partial charge in [0.25, 0.3) is 10.1 Å². The van der Waals surface area contributed by atoms with E-state index in [2.05, 4.69) is 0 Å². The first-order valence-electron chi connectivity index (χ1n) is 2.91. The zero-order chi connectivity index (χ0) is 9.35. The highest BCUT2D eigenvalue weighted by Crippen LogP contribution is 2.10. The molecule has 0 unspecified atom stereocenters. The molecule has 0 heterocycles. The number of ketones is 1. The molecule has 0 saturated heterocycles. The molecule has 0 fully saturated rings. The van der Waals surface area contributed by atoms with Crippen LogP contribution in [0.4, 0.5) is 0 Å². The lowest BCUT2D eigenvalue weighted by Gasteiger charge is -2.02. The molecule has 0 spiro atoms. The predicted octanol–water partition coefficient (Wildman–Crippen LogP) is -0.0832. The van der Waals surface area contributed by atoms with Crippen LogP contribution in [0.5, 0.6) is 0 Å². The van der Waals surface area contributed by atoms with E-state index in [-0.39, 0.29) is 0 Å². The Balaban J connectivity index is 3.16. The van der Waals surface area contributed by atoms with Gasteiger partial charge in [-0.05, 0) is 18.2 Å². The van der Waals surface area contributed by atoms with Crippen molar-refractivity contribution in [3.05, 3.63) is 23.1 Å². The van der Waals surface area contributed by atoms with Crippen LogP contribution in [0.1, 0.15) is 0 Å². The third-order valence-corrected chi connectivity index (χ3v) is 2.10. The Labute approximate surface area is 68.7 Å². The van der Waals surface area contributed by atoms with Gasteiger partial charge in [0.05, 0.1) is 4.91 Å². The van der Waals surface area contributed by atoms with Gasteiger partial charge in [0, 0.05) is 0 Å². The average Bonchev–Trinajstić information content (AvgIpc) is 1.92. The molecule has 1 aliphatic rings. The van der Waals surface area contributed by atoms with Gasteiger partial charge in [-0.1, -0.05) is 0 Å². The molecule has 0 bridgehead atoms. The Morgan fingerprint density at radius 1 is 1.33 bits per heavy atom. The summed E-state index contributed by atoms with van der Waals surface area (Å²) in [5.74, 6) is -0.581. The minimum absolute atomic E-state index is 0.438. The molecule has 5 nitrogen and oxygen atoms in total. The van der Waals surface area contributed by atoms with Gasteiger partial charge in [-0.15, -0.1) is 0 Å². The first-order valence-corrected chi connectivity index (χ1v) is 4.35. The Bertz CT molecular complexity index is 401. The quantitative estimate of drug-likeness (QED) is 0.443. The number of rotatable bonds is 1. The highest BCUT2D eigenvalue weighted by atomic mass is 32.2. The third kappa shape index (κ3) is 1.66. The molecule has 0 aromatic heterocycles. The van der Waals surface area contributed by atoms with Crippen molar-refractivity contribution in [3.63, 3.8) is 0 Å². The summed E-state index contributed by atoms with van der Waals surface area (Å²) in [4.78, 5) is 10.2. The van der Waals surface area contributed by atoms with Crippen LogP contribution in [0.2, 0.25) is 0 Å². The number of carbonyl (C=O) groups excluding carboxylic acids is 1. The van der Waals surface area contributed by atoms with Crippen molar-refractivity contribution >= 4 is 21.6 Å². The Hall–Kier alpha value is -1.27. The van der Waals surface area contributed by atoms with Crippen LogP contribution >= 0.6 is 0 Å². The van der Waals surface area contributed by atoms with Gasteiger partial charge in [0.1, 0.15) is 5.71 Å². The summed E-state index contributed by atoms with van der Waals surface area (Å²) in [6.07, 6.45) is 2.68. The Morgan fingerprint density at radius 2 is 1.92 bits per heavy atom. The maximum absolute atomic E-state index is 10.6. The molecule has 64 valence electrons. The average molecular weight is 187 g/mol. The van der Waals surface area contributed by atoms with E-state index in [4.69, 9.17) is 9.96 Å². The van der Waals surface area contributed by atoms with Crippen LogP contribution in [0, 0.1) is 5.41 Å². The summed E-state index contributed by atoms with van der Waals surface area (Å²) in [5.41, 5.74) is -0.454. The fraction of sp³-hybridized carbons (Fsp3) is 0. The highest BCUT2D eigenvalue weighted by Gasteiger charge is 2.17. The van der Waals surface area contributed by atoms with Crippen molar-refractivity contribution in [1.82, 2.24) is 0 Å². The summed E-state index contributed by atoms with van der Waals surface area (Å²) < 4.78 is 29.4. The highest BCUT2D eigenvalue weighted by molar-refractivity contribution is 7.90. The van der Waals surface area contributed by atoms with Crippen LogP contribution in [0.15, 0.2) is 23.1 Å². The van der Waals surface area contributed by atoms with Crippen LogP contribution in [-0.2, 0) is 14.9 Å². The fourth-order valence-electron chi connectivity index (χ4n) is 0.670. The molecule has 0 radical (unpaired) electrons. The van der Waals surface area contributed by atoms with Crippen molar-refractivity contribution in [2.75, 3.05) is 0 Å². The van der Waals surface area contributed by atoms with Crippen molar-refractivity contribution < 1.29 is 17.8 Å². The van der Waals surface area contributed by atoms with E-state index >= 15 is 0 Å². The molecule has 0 saturated carbocycles. The van der Waals surface area contributed by atoms with Gasteiger partial charge >= 0.3 is 0 Å². The fourth-order valence-corrected chi connectivity index (χ4v) is 1.18. The van der Waals surface area contributed by atoms with E-state index in [0.717, 1.165) is 18.2 Å². The molecule has 0 aromatic rings. The maximum Gasteiger partial charge on any atom is 0.294 e. The van der Waals surface area contributed by atoms with Crippen LogP contribution in [0.3, 0.4) is 0 Å². The van der Waals surface area contributed by atoms with Gasteiger partial charge in [0.15, 0.2) is 0 Å². The topological polar surface area (TPSA) is 95.3 Å². The first-order chi connectivity index (χ1) is 5.41. The van der Waals surface area contributed by atoms with Crippen LogP contribution in [0.25, 0.3) is 0 Å². The molecule has 0 amide bonds. The van der Waals surface area contributed by atoms with Gasteiger partial charge in [0.2, 0.25) is 5.78 Å². The van der Waals surface area contributed by atoms with Crippen molar-refractivity contribution in [3.8, 4) is 0 Å². The summed E-state index contributed by atoms with van der Waals surface area (Å²) in [5, 5.41) is 6.95. The second-order valence-corrected chi connectivity index (χ2v) is 3.55. The van der Waals surface area contributed by atoms with Crippen molar-refractivity contribution in [2.45, 2.75) is 0 Å². The van der Waals surface area contributed by atoms with Gasteiger partial charge < -0.3 is 0 Å². The summed E-state index contributed by atoms with van der Waals surface area (Å²) >= 11 is 0. The van der Waals surface area contributed by atoms with Gasteiger partial charge in [-0.2, -0.15) is 8.42 Å². The van der Waals surface area contributed by atoms with Crippen molar-refractivity contribution in [1.29, 1.82) is 5.41 Å². The largest absolute Gasteiger partial charge is 0.297 e. The zero-order valence-corrected chi connectivity index (χ0v) is 6.63. The minimum Gasteiger partial charge on any atom is -0.297 e.